The van der Waals surface area contributed by atoms with Crippen LogP contribution in [0.15, 0.2) is 72.8 Å². The number of benzene rings is 3. The third-order valence-electron chi connectivity index (χ3n) is 7.84. The van der Waals surface area contributed by atoms with Crippen molar-refractivity contribution in [1.29, 1.82) is 0 Å². The predicted molar refractivity (Wildman–Crippen MR) is 164 cm³/mol. The number of aliphatic hydroxyl groups is 1. The van der Waals surface area contributed by atoms with Crippen LogP contribution in [0.25, 0.3) is 11.1 Å². The van der Waals surface area contributed by atoms with E-state index < -0.39 is 31.0 Å². The molecule has 0 radical (unpaired) electrons. The van der Waals surface area contributed by atoms with Crippen LogP contribution >= 0.6 is 0 Å². The zero-order chi connectivity index (χ0) is 31.9. The third kappa shape index (κ3) is 9.30. The highest BCUT2D eigenvalue weighted by Crippen LogP contribution is 2.30. The van der Waals surface area contributed by atoms with Gasteiger partial charge in [0.15, 0.2) is 0 Å². The molecule has 0 fully saturated rings. The molecule has 1 aliphatic heterocycles. The number of carbonyl (C=O) groups is 2. The topological polar surface area (TPSA) is 82.1 Å². The first-order valence-corrected chi connectivity index (χ1v) is 14.8. The Labute approximate surface area is 256 Å². The summed E-state index contributed by atoms with van der Waals surface area (Å²) in [6.45, 7) is 5.18. The van der Waals surface area contributed by atoms with E-state index in [0.717, 1.165) is 16.7 Å². The number of anilines is 1. The molecule has 0 unspecified atom stereocenters. The van der Waals surface area contributed by atoms with Crippen LogP contribution in [0, 0.1) is 5.92 Å². The first-order valence-electron chi connectivity index (χ1n) is 14.8. The second kappa shape index (κ2) is 14.7. The average molecular weight is 612 g/mol. The van der Waals surface area contributed by atoms with E-state index in [1.807, 2.05) is 32.2 Å². The Hall–Kier alpha value is -3.89. The largest absolute Gasteiger partial charge is 0.488 e. The lowest BCUT2D eigenvalue weighted by Crippen LogP contribution is -2.47. The van der Waals surface area contributed by atoms with Crippen molar-refractivity contribution in [1.82, 2.24) is 9.80 Å². The third-order valence-corrected chi connectivity index (χ3v) is 7.84. The van der Waals surface area contributed by atoms with Crippen molar-refractivity contribution in [2.24, 2.45) is 5.92 Å². The molecule has 0 saturated carbocycles. The summed E-state index contributed by atoms with van der Waals surface area (Å²) >= 11 is 0. The Bertz CT molecular complexity index is 1400. The van der Waals surface area contributed by atoms with Crippen LogP contribution in [0.4, 0.5) is 18.9 Å². The van der Waals surface area contributed by atoms with Crippen LogP contribution < -0.4 is 10.1 Å². The molecule has 3 atom stereocenters. The van der Waals surface area contributed by atoms with E-state index in [-0.39, 0.29) is 36.6 Å². The quantitative estimate of drug-likeness (QED) is 0.298. The number of alkyl halides is 3. The monoisotopic (exact) mass is 611 g/mol. The molecule has 3 aromatic rings. The number of ether oxygens (including phenoxy) is 1. The van der Waals surface area contributed by atoms with Gasteiger partial charge in [0.2, 0.25) is 11.8 Å². The molecule has 236 valence electrons. The smallest absolute Gasteiger partial charge is 0.389 e. The first kappa shape index (κ1) is 33.0. The zero-order valence-electron chi connectivity index (χ0n) is 25.3. The highest BCUT2D eigenvalue weighted by molar-refractivity contribution is 5.91. The molecule has 10 heteroatoms. The molecular weight excluding hydrogens is 571 g/mol. The van der Waals surface area contributed by atoms with Gasteiger partial charge >= 0.3 is 6.18 Å². The Morgan fingerprint density at radius 3 is 2.43 bits per heavy atom. The first-order chi connectivity index (χ1) is 20.9. The van der Waals surface area contributed by atoms with Gasteiger partial charge in [-0.05, 0) is 48.9 Å². The maximum Gasteiger partial charge on any atom is 0.389 e. The number of likely N-dealkylation sites (N-methyl/N-ethyl adjacent to an activating group) is 1. The zero-order valence-corrected chi connectivity index (χ0v) is 25.3. The maximum atomic E-state index is 13.4. The SMILES string of the molecule is C[C@@H]1CN([C@H](C)CO)C(=O)Cc2cc(NC(=O)CCC(F)(F)F)ccc2O[C@H]1CN(C)Cc1ccc(-c2ccccc2)cc1. The van der Waals surface area contributed by atoms with E-state index >= 15 is 0 Å². The fraction of sp³-hybridized carbons (Fsp3) is 0.412. The average Bonchev–Trinajstić information content (AvgIpc) is 3.03. The Morgan fingerprint density at radius 2 is 1.77 bits per heavy atom. The number of hydrogen-bond acceptors (Lipinski definition) is 5. The predicted octanol–water partition coefficient (Wildman–Crippen LogP) is 5.92. The van der Waals surface area contributed by atoms with Crippen molar-refractivity contribution in [3.05, 3.63) is 83.9 Å². The molecule has 1 heterocycles. The fourth-order valence-electron chi connectivity index (χ4n) is 5.32. The van der Waals surface area contributed by atoms with Gasteiger partial charge < -0.3 is 20.1 Å². The van der Waals surface area contributed by atoms with Crippen LogP contribution in [0.1, 0.15) is 37.8 Å². The highest BCUT2D eigenvalue weighted by atomic mass is 19.4. The molecular formula is C34H40F3N3O4. The van der Waals surface area contributed by atoms with Crippen molar-refractivity contribution in [3.63, 3.8) is 0 Å². The summed E-state index contributed by atoms with van der Waals surface area (Å²) in [6.07, 6.45) is -6.72. The van der Waals surface area contributed by atoms with Gasteiger partial charge in [0, 0.05) is 43.2 Å². The van der Waals surface area contributed by atoms with Crippen LogP contribution in [0.5, 0.6) is 5.75 Å². The Kier molecular flexibility index (Phi) is 11.0. The van der Waals surface area contributed by atoms with Gasteiger partial charge in [-0.2, -0.15) is 13.2 Å². The van der Waals surface area contributed by atoms with E-state index in [9.17, 15) is 27.9 Å². The van der Waals surface area contributed by atoms with Crippen molar-refractivity contribution >= 4 is 17.5 Å². The molecule has 2 N–H and O–H groups in total. The molecule has 2 amide bonds. The maximum absolute atomic E-state index is 13.4. The lowest BCUT2D eigenvalue weighted by atomic mass is 10.0. The van der Waals surface area contributed by atoms with Crippen molar-refractivity contribution in [2.75, 3.05) is 32.1 Å². The fourth-order valence-corrected chi connectivity index (χ4v) is 5.32. The highest BCUT2D eigenvalue weighted by Gasteiger charge is 2.31. The number of amides is 2. The number of nitrogens with zero attached hydrogens (tertiary/aromatic N) is 2. The molecule has 4 rings (SSSR count). The summed E-state index contributed by atoms with van der Waals surface area (Å²) < 4.78 is 44.3. The summed E-state index contributed by atoms with van der Waals surface area (Å²) in [5.41, 5.74) is 4.23. The van der Waals surface area contributed by atoms with Gasteiger partial charge in [-0.1, -0.05) is 61.5 Å². The van der Waals surface area contributed by atoms with Crippen molar-refractivity contribution < 1.29 is 32.6 Å². The van der Waals surface area contributed by atoms with Crippen molar-refractivity contribution in [2.45, 2.75) is 58.0 Å². The molecule has 0 spiro atoms. The molecule has 0 saturated heterocycles. The Balaban J connectivity index is 1.52. The van der Waals surface area contributed by atoms with Crippen molar-refractivity contribution in [3.8, 4) is 16.9 Å². The van der Waals surface area contributed by atoms with Gasteiger partial charge in [0.1, 0.15) is 11.9 Å². The summed E-state index contributed by atoms with van der Waals surface area (Å²) in [5, 5.41) is 12.4. The number of aliphatic hydroxyl groups excluding tert-OH is 1. The minimum atomic E-state index is -4.43. The number of halogens is 3. The lowest BCUT2D eigenvalue weighted by Gasteiger charge is -2.34. The molecule has 1 aliphatic rings. The van der Waals surface area contributed by atoms with E-state index in [0.29, 0.717) is 30.9 Å². The van der Waals surface area contributed by atoms with E-state index in [1.165, 1.54) is 0 Å². The number of fused-ring (bicyclic) bond motifs is 1. The van der Waals surface area contributed by atoms with Crippen LogP contribution in [-0.4, -0.2) is 71.8 Å². The van der Waals surface area contributed by atoms with Crippen LogP contribution in [-0.2, 0) is 22.6 Å². The molecule has 0 aliphatic carbocycles. The Morgan fingerprint density at radius 1 is 1.09 bits per heavy atom. The summed E-state index contributed by atoms with van der Waals surface area (Å²) in [4.78, 5) is 29.4. The normalized spacial score (nSPS) is 18.1. The number of rotatable bonds is 10. The van der Waals surface area contributed by atoms with Gasteiger partial charge in [-0.25, -0.2) is 0 Å². The van der Waals surface area contributed by atoms with E-state index in [4.69, 9.17) is 4.74 Å². The standard InChI is InChI=1S/C34H40F3N3O4/c1-23-19-40(24(2)22-41)33(43)18-28-17-29(38-32(42)15-16-34(35,36)37)13-14-30(28)44-31(23)21-39(3)20-25-9-11-27(12-10-25)26-7-5-4-6-8-26/h4-14,17,23-24,31,41H,15-16,18-22H2,1-3H3,(H,38,42)/t23-,24-,31+/m1/s1. The minimum absolute atomic E-state index is 0.0466. The van der Waals surface area contributed by atoms with E-state index in [2.05, 4.69) is 46.6 Å². The second-order valence-corrected chi connectivity index (χ2v) is 11.6. The van der Waals surface area contributed by atoms with Gasteiger partial charge in [0.05, 0.1) is 25.5 Å². The minimum Gasteiger partial charge on any atom is -0.488 e. The molecule has 3 aromatic carbocycles. The second-order valence-electron chi connectivity index (χ2n) is 11.6. The molecule has 7 nitrogen and oxygen atoms in total. The number of carbonyl (C=O) groups excluding carboxylic acids is 2. The summed E-state index contributed by atoms with van der Waals surface area (Å²) in [6, 6.07) is 23.0. The number of nitrogens with one attached hydrogen (secondary N) is 1. The molecule has 0 aromatic heterocycles. The van der Waals surface area contributed by atoms with Crippen LogP contribution in [0.3, 0.4) is 0 Å². The molecule has 0 bridgehead atoms. The lowest BCUT2D eigenvalue weighted by molar-refractivity contribution is -0.142. The van der Waals surface area contributed by atoms with Gasteiger partial charge in [-0.3, -0.25) is 14.5 Å². The van der Waals surface area contributed by atoms with Gasteiger partial charge in [-0.15, -0.1) is 0 Å². The summed E-state index contributed by atoms with van der Waals surface area (Å²) in [7, 11) is 2.01. The number of hydrogen-bond donors (Lipinski definition) is 2. The van der Waals surface area contributed by atoms with Crippen LogP contribution in [0.2, 0.25) is 0 Å². The van der Waals surface area contributed by atoms with E-state index in [1.54, 1.807) is 30.0 Å². The summed E-state index contributed by atoms with van der Waals surface area (Å²) in [5.74, 6) is -0.597. The molecule has 44 heavy (non-hydrogen) atoms. The van der Waals surface area contributed by atoms with Gasteiger partial charge in [0.25, 0.3) is 0 Å².